The van der Waals surface area contributed by atoms with Gasteiger partial charge in [-0.2, -0.15) is 0 Å². The first-order valence-corrected chi connectivity index (χ1v) is 22.4. The van der Waals surface area contributed by atoms with Crippen LogP contribution >= 0.6 is 0 Å². The molecule has 0 saturated heterocycles. The van der Waals surface area contributed by atoms with Crippen LogP contribution in [-0.2, 0) is 8.85 Å². The summed E-state index contributed by atoms with van der Waals surface area (Å²) < 4.78 is 39.3. The van der Waals surface area contributed by atoms with Gasteiger partial charge in [0.15, 0.2) is 0 Å². The minimum absolute atomic E-state index is 0.242. The van der Waals surface area contributed by atoms with Crippen molar-refractivity contribution in [2.75, 3.05) is 26.4 Å². The van der Waals surface area contributed by atoms with E-state index in [1.807, 2.05) is 48.5 Å². The third kappa shape index (κ3) is 12.6. The van der Waals surface area contributed by atoms with Crippen molar-refractivity contribution >= 4 is 9.05 Å². The molecule has 0 spiro atoms. The maximum Gasteiger partial charge on any atom is 0.820 e. The molecule has 4 atom stereocenters. The van der Waals surface area contributed by atoms with E-state index in [9.17, 15) is 0 Å². The first-order chi connectivity index (χ1) is 25.3. The Morgan fingerprint density at radius 2 is 0.962 bits per heavy atom. The Kier molecular flexibility index (Phi) is 16.4. The zero-order chi connectivity index (χ0) is 38.5. The predicted octanol–water partition coefficient (Wildman–Crippen LogP) is 12.8. The Hall–Kier alpha value is -2.74. The van der Waals surface area contributed by atoms with Crippen LogP contribution in [0.1, 0.15) is 133 Å². The van der Waals surface area contributed by atoms with E-state index < -0.39 is 9.05 Å². The van der Waals surface area contributed by atoms with E-state index in [1.54, 1.807) is 0 Å². The van der Waals surface area contributed by atoms with E-state index in [4.69, 9.17) is 27.2 Å². The Morgan fingerprint density at radius 3 is 1.28 bits per heavy atom. The summed E-state index contributed by atoms with van der Waals surface area (Å²) in [6, 6.07) is 15.6. The van der Waals surface area contributed by atoms with Crippen LogP contribution in [0.4, 0.5) is 0 Å². The number of hydrogen-bond acceptors (Lipinski definition) is 6. The average molecular weight is 749 g/mol. The highest BCUT2D eigenvalue weighted by atomic mass is 28.4. The molecular formula is C46H72O6Si. The van der Waals surface area contributed by atoms with E-state index >= 15 is 0 Å². The van der Waals surface area contributed by atoms with Crippen LogP contribution in [-0.4, -0.2) is 35.5 Å². The van der Waals surface area contributed by atoms with Crippen molar-refractivity contribution in [3.05, 3.63) is 71.8 Å². The van der Waals surface area contributed by atoms with Crippen molar-refractivity contribution in [2.45, 2.75) is 133 Å². The molecule has 0 amide bonds. The molecule has 2 aromatic carbocycles. The fourth-order valence-corrected chi connectivity index (χ4v) is 9.51. The molecule has 296 valence electrons. The van der Waals surface area contributed by atoms with Crippen LogP contribution in [0.3, 0.4) is 0 Å². The molecular weight excluding hydrogens is 677 g/mol. The molecule has 0 heterocycles. The number of ether oxygens (including phenoxy) is 2. The summed E-state index contributed by atoms with van der Waals surface area (Å²) in [5.41, 5.74) is 3.50. The van der Waals surface area contributed by atoms with E-state index in [-0.39, 0.29) is 10.8 Å². The zero-order valence-electron chi connectivity index (χ0n) is 34.9. The number of benzene rings is 2. The Labute approximate surface area is 324 Å². The van der Waals surface area contributed by atoms with Gasteiger partial charge in [0.25, 0.3) is 0 Å². The number of rotatable bonds is 24. The van der Waals surface area contributed by atoms with Gasteiger partial charge >= 0.3 is 9.05 Å². The van der Waals surface area contributed by atoms with E-state index in [0.717, 1.165) is 75.7 Å². The highest BCUT2D eigenvalue weighted by Crippen LogP contribution is 2.46. The lowest BCUT2D eigenvalue weighted by Gasteiger charge is -2.32. The van der Waals surface area contributed by atoms with Gasteiger partial charge in [-0.05, 0) is 148 Å². The molecule has 7 heteroatoms. The SMILES string of the molecule is CCCCOc1ccc(O[Si](OCC(C)CCC2CC=C(C)C2(C)C)(OCC(C)CCC2CC=C(C)C2(C)C)Oc2ccc(OCCCC)cc2)cc1. The van der Waals surface area contributed by atoms with Gasteiger partial charge in [0.2, 0.25) is 0 Å². The van der Waals surface area contributed by atoms with Crippen molar-refractivity contribution < 1.29 is 27.2 Å². The molecule has 6 nitrogen and oxygen atoms in total. The normalized spacial score (nSPS) is 20.4. The summed E-state index contributed by atoms with van der Waals surface area (Å²) in [5.74, 6) is 4.83. The van der Waals surface area contributed by atoms with Gasteiger partial charge in [-0.15, -0.1) is 0 Å². The van der Waals surface area contributed by atoms with Gasteiger partial charge < -0.3 is 27.2 Å². The number of allylic oxidation sites excluding steroid dienone is 4. The lowest BCUT2D eigenvalue weighted by atomic mass is 9.75. The second kappa shape index (κ2) is 20.3. The van der Waals surface area contributed by atoms with Crippen molar-refractivity contribution in [2.24, 2.45) is 34.5 Å². The summed E-state index contributed by atoms with van der Waals surface area (Å²) in [6.07, 6.45) is 15.8. The molecule has 0 bridgehead atoms. The molecule has 2 aliphatic rings. The van der Waals surface area contributed by atoms with Gasteiger partial charge in [0, 0.05) is 13.2 Å². The van der Waals surface area contributed by atoms with Crippen molar-refractivity contribution in [1.82, 2.24) is 0 Å². The minimum Gasteiger partial charge on any atom is -0.494 e. The monoisotopic (exact) mass is 749 g/mol. The second-order valence-electron chi connectivity index (χ2n) is 17.1. The predicted molar refractivity (Wildman–Crippen MR) is 221 cm³/mol. The van der Waals surface area contributed by atoms with Crippen LogP contribution in [0.2, 0.25) is 0 Å². The van der Waals surface area contributed by atoms with Gasteiger partial charge in [-0.25, -0.2) is 0 Å². The molecule has 0 N–H and O–H groups in total. The molecule has 0 aromatic heterocycles. The van der Waals surface area contributed by atoms with Crippen LogP contribution < -0.4 is 18.3 Å². The minimum atomic E-state index is -3.80. The lowest BCUT2D eigenvalue weighted by molar-refractivity contribution is 0.0194. The van der Waals surface area contributed by atoms with Gasteiger partial charge in [-0.3, -0.25) is 0 Å². The molecule has 0 saturated carbocycles. The van der Waals surface area contributed by atoms with E-state index in [2.05, 4.69) is 81.4 Å². The smallest absolute Gasteiger partial charge is 0.494 e. The third-order valence-electron chi connectivity index (χ3n) is 12.3. The highest BCUT2D eigenvalue weighted by molar-refractivity contribution is 6.55. The molecule has 53 heavy (non-hydrogen) atoms. The highest BCUT2D eigenvalue weighted by Gasteiger charge is 2.52. The third-order valence-corrected chi connectivity index (χ3v) is 14.3. The lowest BCUT2D eigenvalue weighted by Crippen LogP contribution is -2.56. The second-order valence-corrected chi connectivity index (χ2v) is 19.1. The van der Waals surface area contributed by atoms with Crippen molar-refractivity contribution in [3.8, 4) is 23.0 Å². The molecule has 0 aliphatic heterocycles. The molecule has 0 radical (unpaired) electrons. The Morgan fingerprint density at radius 1 is 0.604 bits per heavy atom. The first kappa shape index (κ1) is 43.0. The summed E-state index contributed by atoms with van der Waals surface area (Å²) in [5, 5.41) is 0. The van der Waals surface area contributed by atoms with E-state index in [0.29, 0.717) is 61.6 Å². The molecule has 0 fully saturated rings. The maximum atomic E-state index is 6.87. The fourth-order valence-electron chi connectivity index (χ4n) is 7.33. The topological polar surface area (TPSA) is 55.4 Å². The molecule has 2 aliphatic carbocycles. The average Bonchev–Trinajstić information content (AvgIpc) is 3.55. The standard InChI is InChI=1S/C46H72O6Si/c1-11-13-31-47-41-23-27-43(28-24-41)51-53(52-44-29-25-42(26-30-44)48-32-14-12-2,49-33-35(3)15-19-39-21-17-37(5)45(39,7)8)50-34-36(4)16-20-40-22-18-38(6)46(40,9)10/h17-18,23-30,35-36,39-40H,11-16,19-22,31-34H2,1-10H3. The van der Waals surface area contributed by atoms with Crippen LogP contribution in [0, 0.1) is 34.5 Å². The number of hydrogen-bond donors (Lipinski definition) is 0. The van der Waals surface area contributed by atoms with Crippen LogP contribution in [0.5, 0.6) is 23.0 Å². The molecule has 4 rings (SSSR count). The first-order valence-electron chi connectivity index (χ1n) is 20.7. The van der Waals surface area contributed by atoms with Gasteiger partial charge in [-0.1, -0.05) is 91.5 Å². The Bertz CT molecular complexity index is 1320. The summed E-state index contributed by atoms with van der Waals surface area (Å²) >= 11 is 0. The van der Waals surface area contributed by atoms with Crippen molar-refractivity contribution in [1.29, 1.82) is 0 Å². The summed E-state index contributed by atoms with van der Waals surface area (Å²) in [4.78, 5) is 0. The maximum absolute atomic E-state index is 6.87. The van der Waals surface area contributed by atoms with Crippen LogP contribution in [0.25, 0.3) is 0 Å². The summed E-state index contributed by atoms with van der Waals surface area (Å²) in [6.45, 7) is 25.3. The Balaban J connectivity index is 1.54. The molecule has 2 aromatic rings. The fraction of sp³-hybridized carbons (Fsp3) is 0.652. The molecule has 4 unspecified atom stereocenters. The van der Waals surface area contributed by atoms with Gasteiger partial charge in [0.1, 0.15) is 23.0 Å². The number of unbranched alkanes of at least 4 members (excludes halogenated alkanes) is 2. The van der Waals surface area contributed by atoms with Crippen LogP contribution in [0.15, 0.2) is 71.8 Å². The zero-order valence-corrected chi connectivity index (χ0v) is 35.9. The quantitative estimate of drug-likeness (QED) is 0.0605. The largest absolute Gasteiger partial charge is 0.820 e. The van der Waals surface area contributed by atoms with Crippen molar-refractivity contribution in [3.63, 3.8) is 0 Å². The summed E-state index contributed by atoms with van der Waals surface area (Å²) in [7, 11) is -3.80. The van der Waals surface area contributed by atoms with Gasteiger partial charge in [0.05, 0.1) is 13.2 Å². The van der Waals surface area contributed by atoms with E-state index in [1.165, 1.54) is 11.1 Å².